The van der Waals surface area contributed by atoms with Gasteiger partial charge in [-0.2, -0.15) is 0 Å². The van der Waals surface area contributed by atoms with Crippen LogP contribution in [0.1, 0.15) is 13.8 Å². The average molecular weight is 452 g/mol. The first-order valence-corrected chi connectivity index (χ1v) is 10.3. The van der Waals surface area contributed by atoms with Crippen LogP contribution in [0.3, 0.4) is 0 Å². The third kappa shape index (κ3) is 6.19. The van der Waals surface area contributed by atoms with Crippen molar-refractivity contribution in [3.63, 3.8) is 0 Å². The number of amides is 2. The van der Waals surface area contributed by atoms with Gasteiger partial charge in [0.05, 0.1) is 6.54 Å². The molecule has 2 aromatic carbocycles. The van der Waals surface area contributed by atoms with Crippen molar-refractivity contribution < 1.29 is 28.6 Å². The van der Waals surface area contributed by atoms with Gasteiger partial charge in [-0.05, 0) is 29.2 Å². The SMILES string of the molecule is CC(C)[C@H](NC(=O)CNC(=O)COc1ccc2c(-c3ccccc3)cc(=O)oc2c1)C(=O)O. The summed E-state index contributed by atoms with van der Waals surface area (Å²) in [5, 5.41) is 14.5. The maximum atomic E-state index is 12.0. The van der Waals surface area contributed by atoms with Crippen LogP contribution in [-0.2, 0) is 14.4 Å². The lowest BCUT2D eigenvalue weighted by atomic mass is 10.0. The predicted octanol–water partition coefficient (Wildman–Crippen LogP) is 2.18. The largest absolute Gasteiger partial charge is 0.484 e. The van der Waals surface area contributed by atoms with Gasteiger partial charge in [0.1, 0.15) is 17.4 Å². The number of carboxylic acid groups (broad SMARTS) is 1. The Labute approximate surface area is 189 Å². The number of carboxylic acids is 1. The summed E-state index contributed by atoms with van der Waals surface area (Å²) in [6.07, 6.45) is 0. The van der Waals surface area contributed by atoms with Crippen LogP contribution in [0.15, 0.2) is 63.8 Å². The number of benzene rings is 2. The van der Waals surface area contributed by atoms with Crippen molar-refractivity contribution in [3.8, 4) is 16.9 Å². The fourth-order valence-corrected chi connectivity index (χ4v) is 3.21. The molecule has 3 aromatic rings. The smallest absolute Gasteiger partial charge is 0.336 e. The molecule has 9 nitrogen and oxygen atoms in total. The van der Waals surface area contributed by atoms with Crippen molar-refractivity contribution in [2.24, 2.45) is 5.92 Å². The molecule has 0 fully saturated rings. The highest BCUT2D eigenvalue weighted by atomic mass is 16.5. The van der Waals surface area contributed by atoms with Gasteiger partial charge in [0.25, 0.3) is 5.91 Å². The first-order valence-electron chi connectivity index (χ1n) is 10.3. The van der Waals surface area contributed by atoms with E-state index in [1.165, 1.54) is 12.1 Å². The molecule has 1 aromatic heterocycles. The molecule has 0 bridgehead atoms. The summed E-state index contributed by atoms with van der Waals surface area (Å²) < 4.78 is 10.7. The quantitative estimate of drug-likeness (QED) is 0.424. The molecule has 0 aliphatic carbocycles. The third-order valence-electron chi connectivity index (χ3n) is 4.87. The molecule has 3 rings (SSSR count). The lowest BCUT2D eigenvalue weighted by Gasteiger charge is -2.18. The van der Waals surface area contributed by atoms with E-state index in [0.717, 1.165) is 11.1 Å². The number of aliphatic carboxylic acids is 1. The summed E-state index contributed by atoms with van der Waals surface area (Å²) in [4.78, 5) is 47.1. The Hall–Kier alpha value is -4.14. The molecule has 1 atom stereocenters. The van der Waals surface area contributed by atoms with E-state index in [9.17, 15) is 19.2 Å². The molecular weight excluding hydrogens is 428 g/mol. The molecule has 0 saturated carbocycles. The fourth-order valence-electron chi connectivity index (χ4n) is 3.21. The van der Waals surface area contributed by atoms with Crippen LogP contribution < -0.4 is 21.0 Å². The van der Waals surface area contributed by atoms with Crippen molar-refractivity contribution >= 4 is 28.8 Å². The average Bonchev–Trinajstić information content (AvgIpc) is 2.79. The second-order valence-electron chi connectivity index (χ2n) is 7.70. The van der Waals surface area contributed by atoms with Gasteiger partial charge in [-0.15, -0.1) is 0 Å². The van der Waals surface area contributed by atoms with Crippen LogP contribution in [0.25, 0.3) is 22.1 Å². The third-order valence-corrected chi connectivity index (χ3v) is 4.87. The number of hydrogen-bond acceptors (Lipinski definition) is 6. The zero-order valence-corrected chi connectivity index (χ0v) is 18.2. The Balaban J connectivity index is 1.61. The highest BCUT2D eigenvalue weighted by molar-refractivity contribution is 5.94. The van der Waals surface area contributed by atoms with E-state index in [4.69, 9.17) is 14.3 Å². The van der Waals surface area contributed by atoms with Crippen LogP contribution >= 0.6 is 0 Å². The van der Waals surface area contributed by atoms with Gasteiger partial charge in [0.2, 0.25) is 5.91 Å². The summed E-state index contributed by atoms with van der Waals surface area (Å²) in [6, 6.07) is 14.7. The molecular formula is C24H24N2O7. The summed E-state index contributed by atoms with van der Waals surface area (Å²) >= 11 is 0. The monoisotopic (exact) mass is 452 g/mol. The van der Waals surface area contributed by atoms with Crippen LogP contribution in [0, 0.1) is 5.92 Å². The minimum atomic E-state index is -1.15. The number of hydrogen-bond donors (Lipinski definition) is 3. The second-order valence-corrected chi connectivity index (χ2v) is 7.70. The van der Waals surface area contributed by atoms with Crippen LogP contribution in [0.4, 0.5) is 0 Å². The first-order chi connectivity index (χ1) is 15.7. The second kappa shape index (κ2) is 10.4. The number of ether oxygens (including phenoxy) is 1. The molecule has 0 aliphatic rings. The highest BCUT2D eigenvalue weighted by Gasteiger charge is 2.23. The standard InChI is InChI=1S/C24H24N2O7/c1-14(2)23(24(30)31)26-20(27)12-25-21(28)13-32-16-8-9-17-18(15-6-4-3-5-7-15)11-22(29)33-19(17)10-16/h3-11,14,23H,12-13H2,1-2H3,(H,25,28)(H,26,27)(H,30,31)/t23-/m0/s1. The lowest BCUT2D eigenvalue weighted by Crippen LogP contribution is -2.48. The molecule has 9 heteroatoms. The Morgan fingerprint density at radius 3 is 2.42 bits per heavy atom. The topological polar surface area (TPSA) is 135 Å². The number of nitrogens with one attached hydrogen (secondary N) is 2. The molecule has 1 heterocycles. The van der Waals surface area contributed by atoms with Crippen molar-refractivity contribution in [2.45, 2.75) is 19.9 Å². The Bertz CT molecular complexity index is 1220. The molecule has 0 radical (unpaired) electrons. The van der Waals surface area contributed by atoms with Gasteiger partial charge < -0.3 is 24.9 Å². The predicted molar refractivity (Wildman–Crippen MR) is 121 cm³/mol. The highest BCUT2D eigenvalue weighted by Crippen LogP contribution is 2.29. The Morgan fingerprint density at radius 1 is 1.03 bits per heavy atom. The molecule has 3 N–H and O–H groups in total. The van der Waals surface area contributed by atoms with E-state index >= 15 is 0 Å². The first kappa shape index (κ1) is 23.5. The molecule has 0 saturated heterocycles. The van der Waals surface area contributed by atoms with E-state index in [1.54, 1.807) is 26.0 Å². The number of fused-ring (bicyclic) bond motifs is 1. The zero-order valence-electron chi connectivity index (χ0n) is 18.2. The van der Waals surface area contributed by atoms with Crippen LogP contribution in [0.5, 0.6) is 5.75 Å². The molecule has 33 heavy (non-hydrogen) atoms. The van der Waals surface area contributed by atoms with Crippen molar-refractivity contribution in [3.05, 3.63) is 65.0 Å². The molecule has 0 unspecified atom stereocenters. The maximum absolute atomic E-state index is 12.0. The Kier molecular flexibility index (Phi) is 7.45. The molecule has 0 spiro atoms. The van der Waals surface area contributed by atoms with Crippen molar-refractivity contribution in [1.29, 1.82) is 0 Å². The number of carbonyl (C=O) groups is 3. The summed E-state index contributed by atoms with van der Waals surface area (Å²) in [5.41, 5.74) is 1.39. The minimum Gasteiger partial charge on any atom is -0.484 e. The molecule has 2 amide bonds. The van der Waals surface area contributed by atoms with Gasteiger partial charge in [-0.1, -0.05) is 44.2 Å². The van der Waals surface area contributed by atoms with Gasteiger partial charge in [-0.25, -0.2) is 9.59 Å². The Morgan fingerprint density at radius 2 is 1.76 bits per heavy atom. The van der Waals surface area contributed by atoms with E-state index in [-0.39, 0.29) is 19.1 Å². The van der Waals surface area contributed by atoms with Gasteiger partial charge >= 0.3 is 11.6 Å². The molecule has 0 aliphatic heterocycles. The van der Waals surface area contributed by atoms with Crippen molar-refractivity contribution in [1.82, 2.24) is 10.6 Å². The van der Waals surface area contributed by atoms with Gasteiger partial charge in [0.15, 0.2) is 6.61 Å². The van der Waals surface area contributed by atoms with Crippen LogP contribution in [0.2, 0.25) is 0 Å². The van der Waals surface area contributed by atoms with Gasteiger partial charge in [0, 0.05) is 17.5 Å². The summed E-state index contributed by atoms with van der Waals surface area (Å²) in [6.45, 7) is 2.57. The van der Waals surface area contributed by atoms with E-state index < -0.39 is 29.5 Å². The summed E-state index contributed by atoms with van der Waals surface area (Å²) in [5.74, 6) is -2.33. The van der Waals surface area contributed by atoms with Gasteiger partial charge in [-0.3, -0.25) is 9.59 Å². The lowest BCUT2D eigenvalue weighted by molar-refractivity contribution is -0.143. The fraction of sp³-hybridized carbons (Fsp3) is 0.250. The molecule has 172 valence electrons. The van der Waals surface area contributed by atoms with E-state index in [1.807, 2.05) is 30.3 Å². The maximum Gasteiger partial charge on any atom is 0.336 e. The van der Waals surface area contributed by atoms with E-state index in [0.29, 0.717) is 16.7 Å². The number of carbonyl (C=O) groups excluding carboxylic acids is 2. The van der Waals surface area contributed by atoms with Crippen LogP contribution in [-0.4, -0.2) is 42.1 Å². The zero-order chi connectivity index (χ0) is 24.0. The minimum absolute atomic E-state index is 0.305. The summed E-state index contributed by atoms with van der Waals surface area (Å²) in [7, 11) is 0. The number of rotatable bonds is 9. The normalized spacial score (nSPS) is 11.7. The van der Waals surface area contributed by atoms with E-state index in [2.05, 4.69) is 10.6 Å². The van der Waals surface area contributed by atoms with Crippen molar-refractivity contribution in [2.75, 3.05) is 13.2 Å².